The molecular formula is C15H18F4O. The van der Waals surface area contributed by atoms with Crippen molar-refractivity contribution in [1.82, 2.24) is 0 Å². The summed E-state index contributed by atoms with van der Waals surface area (Å²) in [4.78, 5) is 0. The summed E-state index contributed by atoms with van der Waals surface area (Å²) >= 11 is 0. The van der Waals surface area contributed by atoms with Crippen LogP contribution in [-0.4, -0.2) is 5.11 Å². The van der Waals surface area contributed by atoms with Crippen LogP contribution in [-0.2, 0) is 6.18 Å². The summed E-state index contributed by atoms with van der Waals surface area (Å²) in [5.74, 6) is -0.838. The number of hydrogen-bond donors (Lipinski definition) is 1. The molecule has 2 rings (SSSR count). The predicted molar refractivity (Wildman–Crippen MR) is 67.5 cm³/mol. The lowest BCUT2D eigenvalue weighted by Gasteiger charge is -2.30. The van der Waals surface area contributed by atoms with Crippen molar-refractivity contribution in [3.05, 3.63) is 35.1 Å². The largest absolute Gasteiger partial charge is 0.419 e. The molecule has 1 N–H and O–H groups in total. The molecule has 0 aliphatic heterocycles. The zero-order valence-electron chi connectivity index (χ0n) is 11.3. The monoisotopic (exact) mass is 290 g/mol. The van der Waals surface area contributed by atoms with Crippen molar-refractivity contribution in [1.29, 1.82) is 0 Å². The highest BCUT2D eigenvalue weighted by Crippen LogP contribution is 2.38. The Kier molecular flexibility index (Phi) is 4.37. The maximum absolute atomic E-state index is 13.5. The van der Waals surface area contributed by atoms with Gasteiger partial charge in [-0.2, -0.15) is 13.2 Å². The van der Waals surface area contributed by atoms with Crippen molar-refractivity contribution in [2.75, 3.05) is 0 Å². The van der Waals surface area contributed by atoms with Gasteiger partial charge in [-0.05, 0) is 42.4 Å². The van der Waals surface area contributed by atoms with Crippen molar-refractivity contribution in [2.45, 2.75) is 44.9 Å². The molecule has 1 aromatic carbocycles. The van der Waals surface area contributed by atoms with Gasteiger partial charge in [-0.3, -0.25) is 0 Å². The molecule has 112 valence electrons. The molecule has 1 aliphatic rings. The molecule has 0 saturated heterocycles. The highest BCUT2D eigenvalue weighted by atomic mass is 19.4. The third kappa shape index (κ3) is 3.32. The first-order valence-corrected chi connectivity index (χ1v) is 6.83. The molecule has 1 saturated carbocycles. The van der Waals surface area contributed by atoms with Crippen LogP contribution >= 0.6 is 0 Å². The number of alkyl halides is 3. The van der Waals surface area contributed by atoms with Gasteiger partial charge in [-0.1, -0.05) is 25.8 Å². The molecule has 0 spiro atoms. The lowest BCUT2D eigenvalue weighted by molar-refractivity contribution is -0.140. The van der Waals surface area contributed by atoms with Crippen LogP contribution in [0.25, 0.3) is 0 Å². The molecular weight excluding hydrogens is 272 g/mol. The van der Waals surface area contributed by atoms with Crippen molar-refractivity contribution >= 4 is 0 Å². The number of rotatable bonds is 2. The van der Waals surface area contributed by atoms with Gasteiger partial charge in [0, 0.05) is 0 Å². The highest BCUT2D eigenvalue weighted by Gasteiger charge is 2.35. The normalized spacial score (nSPS) is 25.5. The molecule has 1 fully saturated rings. The molecule has 5 heteroatoms. The second kappa shape index (κ2) is 5.72. The van der Waals surface area contributed by atoms with Gasteiger partial charge in [0.2, 0.25) is 0 Å². The zero-order valence-corrected chi connectivity index (χ0v) is 11.3. The standard InChI is InChI=1S/C15H18F4O/c1-9-3-2-4-10(7-9)14(20)11-5-6-12(13(16)8-11)15(17,18)19/h5-6,8-10,14,20H,2-4,7H2,1H3. The molecule has 0 heterocycles. The van der Waals surface area contributed by atoms with E-state index in [0.717, 1.165) is 31.7 Å². The fourth-order valence-electron chi connectivity index (χ4n) is 2.99. The van der Waals surface area contributed by atoms with Crippen molar-refractivity contribution in [3.8, 4) is 0 Å². The van der Waals surface area contributed by atoms with Gasteiger partial charge >= 0.3 is 6.18 Å². The Labute approximate surface area is 115 Å². The number of halogens is 4. The molecule has 3 unspecified atom stereocenters. The molecule has 20 heavy (non-hydrogen) atoms. The van der Waals surface area contributed by atoms with Gasteiger partial charge in [0.05, 0.1) is 11.7 Å². The summed E-state index contributed by atoms with van der Waals surface area (Å²) in [7, 11) is 0. The van der Waals surface area contributed by atoms with Crippen LogP contribution in [0, 0.1) is 17.7 Å². The Balaban J connectivity index is 2.18. The smallest absolute Gasteiger partial charge is 0.388 e. The maximum atomic E-state index is 13.5. The fourth-order valence-corrected chi connectivity index (χ4v) is 2.99. The van der Waals surface area contributed by atoms with Crippen LogP contribution < -0.4 is 0 Å². The van der Waals surface area contributed by atoms with E-state index in [2.05, 4.69) is 6.92 Å². The second-order valence-electron chi connectivity index (χ2n) is 5.71. The topological polar surface area (TPSA) is 20.2 Å². The van der Waals surface area contributed by atoms with E-state index in [1.54, 1.807) is 0 Å². The predicted octanol–water partition coefficient (Wildman–Crippen LogP) is 4.70. The molecule has 1 aliphatic carbocycles. The summed E-state index contributed by atoms with van der Waals surface area (Å²) < 4.78 is 51.0. The van der Waals surface area contributed by atoms with E-state index in [9.17, 15) is 22.7 Å². The lowest BCUT2D eigenvalue weighted by Crippen LogP contribution is -2.20. The molecule has 1 nitrogen and oxygen atoms in total. The molecule has 1 aromatic rings. The lowest BCUT2D eigenvalue weighted by atomic mass is 9.78. The Morgan fingerprint density at radius 1 is 1.25 bits per heavy atom. The van der Waals surface area contributed by atoms with Crippen molar-refractivity contribution in [2.24, 2.45) is 11.8 Å². The Bertz CT molecular complexity index is 469. The van der Waals surface area contributed by atoms with E-state index in [4.69, 9.17) is 0 Å². The zero-order chi connectivity index (χ0) is 14.9. The second-order valence-corrected chi connectivity index (χ2v) is 5.71. The summed E-state index contributed by atoms with van der Waals surface area (Å²) in [5.41, 5.74) is -1.06. The average molecular weight is 290 g/mol. The molecule has 0 radical (unpaired) electrons. The van der Waals surface area contributed by atoms with Crippen LogP contribution in [0.5, 0.6) is 0 Å². The van der Waals surface area contributed by atoms with Crippen LogP contribution in [0.1, 0.15) is 49.8 Å². The summed E-state index contributed by atoms with van der Waals surface area (Å²) in [6.07, 6.45) is -1.85. The minimum Gasteiger partial charge on any atom is -0.388 e. The van der Waals surface area contributed by atoms with E-state index in [1.165, 1.54) is 6.07 Å². The maximum Gasteiger partial charge on any atom is 0.419 e. The van der Waals surface area contributed by atoms with Crippen LogP contribution in [0.2, 0.25) is 0 Å². The minimum atomic E-state index is -4.70. The van der Waals surface area contributed by atoms with E-state index < -0.39 is 23.7 Å². The van der Waals surface area contributed by atoms with E-state index in [-0.39, 0.29) is 11.5 Å². The first-order chi connectivity index (χ1) is 9.29. The number of benzene rings is 1. The number of aliphatic hydroxyl groups excluding tert-OH is 1. The Morgan fingerprint density at radius 2 is 1.95 bits per heavy atom. The Morgan fingerprint density at radius 3 is 2.50 bits per heavy atom. The summed E-state index contributed by atoms with van der Waals surface area (Å²) in [6, 6.07) is 2.70. The van der Waals surface area contributed by atoms with Crippen LogP contribution in [0.4, 0.5) is 17.6 Å². The van der Waals surface area contributed by atoms with Gasteiger partial charge in [-0.25, -0.2) is 4.39 Å². The summed E-state index contributed by atoms with van der Waals surface area (Å²) in [5, 5.41) is 10.2. The molecule has 0 bridgehead atoms. The number of hydrogen-bond acceptors (Lipinski definition) is 1. The van der Waals surface area contributed by atoms with Crippen LogP contribution in [0.15, 0.2) is 18.2 Å². The van der Waals surface area contributed by atoms with Crippen molar-refractivity contribution in [3.63, 3.8) is 0 Å². The molecule has 0 aromatic heterocycles. The quantitative estimate of drug-likeness (QED) is 0.782. The average Bonchev–Trinajstić information content (AvgIpc) is 2.36. The third-order valence-corrected chi connectivity index (χ3v) is 4.06. The third-order valence-electron chi connectivity index (χ3n) is 4.06. The number of aliphatic hydroxyl groups is 1. The molecule has 0 amide bonds. The van der Waals surface area contributed by atoms with Gasteiger partial charge in [0.1, 0.15) is 5.82 Å². The Hall–Kier alpha value is -1.10. The minimum absolute atomic E-state index is 0.00473. The van der Waals surface area contributed by atoms with Gasteiger partial charge < -0.3 is 5.11 Å². The fraction of sp³-hybridized carbons (Fsp3) is 0.600. The molecule has 3 atom stereocenters. The first-order valence-electron chi connectivity index (χ1n) is 6.83. The summed E-state index contributed by atoms with van der Waals surface area (Å²) in [6.45, 7) is 2.09. The van der Waals surface area contributed by atoms with E-state index in [0.29, 0.717) is 12.0 Å². The van der Waals surface area contributed by atoms with Crippen molar-refractivity contribution < 1.29 is 22.7 Å². The first kappa shape index (κ1) is 15.3. The van der Waals surface area contributed by atoms with Crippen LogP contribution in [0.3, 0.4) is 0 Å². The highest BCUT2D eigenvalue weighted by molar-refractivity contribution is 5.28. The van der Waals surface area contributed by atoms with Gasteiger partial charge in [0.15, 0.2) is 0 Å². The van der Waals surface area contributed by atoms with Gasteiger partial charge in [0.25, 0.3) is 0 Å². The van der Waals surface area contributed by atoms with E-state index in [1.807, 2.05) is 0 Å². The van der Waals surface area contributed by atoms with E-state index >= 15 is 0 Å². The SMILES string of the molecule is CC1CCCC(C(O)c2ccc(C(F)(F)F)c(F)c2)C1. The van der Waals surface area contributed by atoms with Gasteiger partial charge in [-0.15, -0.1) is 0 Å².